The highest BCUT2D eigenvalue weighted by molar-refractivity contribution is 7.17. The van der Waals surface area contributed by atoms with E-state index in [9.17, 15) is 13.2 Å². The molecule has 2 rings (SSSR count). The van der Waals surface area contributed by atoms with Crippen LogP contribution in [0.2, 0.25) is 0 Å². The fraction of sp³-hybridized carbons (Fsp3) is 0.200. The molecule has 0 aliphatic carbocycles. The smallest absolute Gasteiger partial charge is 0.205 e. The molecule has 2 aromatic rings. The Balaban J connectivity index is 2.82. The lowest BCUT2D eigenvalue weighted by atomic mass is 10.1. The maximum atomic E-state index is 12.9. The van der Waals surface area contributed by atoms with Crippen LogP contribution in [0.1, 0.15) is 17.6 Å². The van der Waals surface area contributed by atoms with Crippen molar-refractivity contribution in [3.05, 3.63) is 34.5 Å². The average Bonchev–Trinajstić information content (AvgIpc) is 2.43. The van der Waals surface area contributed by atoms with Gasteiger partial charge in [-0.2, -0.15) is 4.39 Å². The lowest BCUT2D eigenvalue weighted by molar-refractivity contribution is 0.152. The summed E-state index contributed by atoms with van der Waals surface area (Å²) in [7, 11) is 0. The normalized spacial score (nSPS) is 11.5. The van der Waals surface area contributed by atoms with Gasteiger partial charge in [0.15, 0.2) is 5.13 Å². The first-order valence-electron chi connectivity index (χ1n) is 4.06. The highest BCUT2D eigenvalue weighted by atomic mass is 32.1. The third-order valence-electron chi connectivity index (χ3n) is 2.13. The number of fused-ring (bicyclic) bond motifs is 1. The molecule has 74 valence electrons. The number of alkyl halides is 2. The second kappa shape index (κ2) is 3.28. The maximum absolute atomic E-state index is 12.9. The number of rotatable bonds is 1. The summed E-state index contributed by atoms with van der Waals surface area (Å²) in [6.07, 6.45) is -2.54. The van der Waals surface area contributed by atoms with E-state index >= 15 is 0 Å². The van der Waals surface area contributed by atoms with Gasteiger partial charge in [0.2, 0.25) is 0 Å². The van der Waals surface area contributed by atoms with Crippen LogP contribution in [0, 0.1) is 12.1 Å². The van der Waals surface area contributed by atoms with Gasteiger partial charge < -0.3 is 0 Å². The van der Waals surface area contributed by atoms with Gasteiger partial charge >= 0.3 is 0 Å². The van der Waals surface area contributed by atoms with E-state index in [1.54, 1.807) is 19.1 Å². The SMILES string of the molecule is Cc1ccc2cc(F)sc2c1C(F)F. The molecule has 0 amide bonds. The van der Waals surface area contributed by atoms with Gasteiger partial charge in [0.25, 0.3) is 6.43 Å². The zero-order valence-electron chi connectivity index (χ0n) is 7.35. The van der Waals surface area contributed by atoms with E-state index < -0.39 is 11.6 Å². The third-order valence-corrected chi connectivity index (χ3v) is 3.10. The van der Waals surface area contributed by atoms with E-state index in [2.05, 4.69) is 0 Å². The molecule has 0 aliphatic heterocycles. The van der Waals surface area contributed by atoms with E-state index in [4.69, 9.17) is 0 Å². The van der Waals surface area contributed by atoms with Gasteiger partial charge in [-0.3, -0.25) is 0 Å². The Morgan fingerprint density at radius 1 is 1.29 bits per heavy atom. The van der Waals surface area contributed by atoms with Crippen LogP contribution in [0.15, 0.2) is 18.2 Å². The Bertz CT molecular complexity index is 473. The van der Waals surface area contributed by atoms with Gasteiger partial charge in [0, 0.05) is 10.3 Å². The van der Waals surface area contributed by atoms with Crippen molar-refractivity contribution >= 4 is 21.4 Å². The zero-order chi connectivity index (χ0) is 10.3. The van der Waals surface area contributed by atoms with Crippen LogP contribution in [0.5, 0.6) is 0 Å². The van der Waals surface area contributed by atoms with Crippen molar-refractivity contribution in [3.8, 4) is 0 Å². The third kappa shape index (κ3) is 1.39. The molecule has 14 heavy (non-hydrogen) atoms. The summed E-state index contributed by atoms with van der Waals surface area (Å²) in [6, 6.07) is 4.54. The molecule has 0 nitrogen and oxygen atoms in total. The highest BCUT2D eigenvalue weighted by Crippen LogP contribution is 2.35. The van der Waals surface area contributed by atoms with Gasteiger partial charge in [-0.25, -0.2) is 8.78 Å². The summed E-state index contributed by atoms with van der Waals surface area (Å²) >= 11 is 0.775. The Labute approximate surface area is 83.0 Å². The molecular formula is C10H7F3S. The van der Waals surface area contributed by atoms with E-state index in [0.717, 1.165) is 11.3 Å². The number of halogens is 3. The Morgan fingerprint density at radius 3 is 2.64 bits per heavy atom. The summed E-state index contributed by atoms with van der Waals surface area (Å²) in [5.41, 5.74) is 0.464. The Hall–Kier alpha value is -1.03. The summed E-state index contributed by atoms with van der Waals surface area (Å²) in [6.45, 7) is 1.61. The zero-order valence-corrected chi connectivity index (χ0v) is 8.17. The molecule has 0 spiro atoms. The van der Waals surface area contributed by atoms with Crippen LogP contribution in [0.4, 0.5) is 13.2 Å². The Kier molecular flexibility index (Phi) is 2.23. The van der Waals surface area contributed by atoms with Crippen molar-refractivity contribution in [1.82, 2.24) is 0 Å². The van der Waals surface area contributed by atoms with Crippen molar-refractivity contribution in [2.45, 2.75) is 13.3 Å². The monoisotopic (exact) mass is 216 g/mol. The van der Waals surface area contributed by atoms with E-state index in [1.807, 2.05) is 0 Å². The average molecular weight is 216 g/mol. The van der Waals surface area contributed by atoms with E-state index in [0.29, 0.717) is 15.6 Å². The number of thiophene rings is 1. The summed E-state index contributed by atoms with van der Waals surface area (Å²) in [4.78, 5) is 0. The van der Waals surface area contributed by atoms with Gasteiger partial charge in [0.05, 0.1) is 0 Å². The molecule has 1 aromatic carbocycles. The number of hydrogen-bond donors (Lipinski definition) is 0. The van der Waals surface area contributed by atoms with Gasteiger partial charge in [-0.15, -0.1) is 11.3 Å². The van der Waals surface area contributed by atoms with Crippen molar-refractivity contribution in [1.29, 1.82) is 0 Å². The first kappa shape index (κ1) is 9.52. The molecule has 1 aromatic heterocycles. The minimum Gasteiger partial charge on any atom is -0.205 e. The largest absolute Gasteiger partial charge is 0.265 e. The summed E-state index contributed by atoms with van der Waals surface area (Å²) in [5, 5.41) is 0.126. The number of benzene rings is 1. The van der Waals surface area contributed by atoms with Crippen molar-refractivity contribution in [2.75, 3.05) is 0 Å². The van der Waals surface area contributed by atoms with Crippen LogP contribution < -0.4 is 0 Å². The minimum atomic E-state index is -2.54. The lowest BCUT2D eigenvalue weighted by Gasteiger charge is -2.04. The fourth-order valence-corrected chi connectivity index (χ4v) is 2.45. The number of aryl methyl sites for hydroxylation is 1. The lowest BCUT2D eigenvalue weighted by Crippen LogP contribution is -1.88. The standard InChI is InChI=1S/C10H7F3S/c1-5-2-3-6-4-7(11)14-9(6)8(5)10(12)13/h2-4,10H,1H3. The molecule has 0 bridgehead atoms. The van der Waals surface area contributed by atoms with Crippen molar-refractivity contribution in [2.24, 2.45) is 0 Å². The second-order valence-electron chi connectivity index (χ2n) is 3.07. The first-order chi connectivity index (χ1) is 6.59. The predicted molar refractivity (Wildman–Crippen MR) is 51.5 cm³/mol. The van der Waals surface area contributed by atoms with Crippen LogP contribution in [-0.2, 0) is 0 Å². The second-order valence-corrected chi connectivity index (χ2v) is 4.07. The van der Waals surface area contributed by atoms with Crippen LogP contribution in [0.25, 0.3) is 10.1 Å². The molecule has 0 fully saturated rings. The van der Waals surface area contributed by atoms with Crippen LogP contribution in [0.3, 0.4) is 0 Å². The minimum absolute atomic E-state index is 0.0450. The molecule has 1 heterocycles. The van der Waals surface area contributed by atoms with Gasteiger partial charge in [-0.1, -0.05) is 12.1 Å². The molecule has 0 saturated carbocycles. The summed E-state index contributed by atoms with van der Waals surface area (Å²) < 4.78 is 38.5. The topological polar surface area (TPSA) is 0 Å². The molecule has 0 radical (unpaired) electrons. The van der Waals surface area contributed by atoms with Gasteiger partial charge in [0.1, 0.15) is 0 Å². The quantitative estimate of drug-likeness (QED) is 0.667. The van der Waals surface area contributed by atoms with Crippen LogP contribution >= 0.6 is 11.3 Å². The molecule has 0 atom stereocenters. The summed E-state index contributed by atoms with van der Waals surface area (Å²) in [5.74, 6) is 0. The highest BCUT2D eigenvalue weighted by Gasteiger charge is 2.16. The Morgan fingerprint density at radius 2 is 2.00 bits per heavy atom. The van der Waals surface area contributed by atoms with E-state index in [-0.39, 0.29) is 5.56 Å². The molecule has 0 N–H and O–H groups in total. The van der Waals surface area contributed by atoms with Crippen molar-refractivity contribution in [3.63, 3.8) is 0 Å². The van der Waals surface area contributed by atoms with Crippen LogP contribution in [-0.4, -0.2) is 0 Å². The molecule has 0 aliphatic rings. The molecule has 0 unspecified atom stereocenters. The fourth-order valence-electron chi connectivity index (χ4n) is 1.46. The molecule has 0 saturated heterocycles. The van der Waals surface area contributed by atoms with Gasteiger partial charge in [-0.05, 0) is 23.9 Å². The van der Waals surface area contributed by atoms with E-state index in [1.165, 1.54) is 6.07 Å². The molecule has 4 heteroatoms. The maximum Gasteiger partial charge on any atom is 0.265 e. The first-order valence-corrected chi connectivity index (χ1v) is 4.88. The number of hydrogen-bond acceptors (Lipinski definition) is 1. The predicted octanol–water partition coefficient (Wildman–Crippen LogP) is 4.29. The molecular weight excluding hydrogens is 209 g/mol. The van der Waals surface area contributed by atoms with Crippen molar-refractivity contribution < 1.29 is 13.2 Å².